The first-order valence-electron chi connectivity index (χ1n) is 9.19. The summed E-state index contributed by atoms with van der Waals surface area (Å²) in [5.41, 5.74) is 10.9. The molecule has 0 heterocycles. The van der Waals surface area contributed by atoms with E-state index < -0.39 is 18.2 Å². The molecule has 5 nitrogen and oxygen atoms in total. The fraction of sp³-hybridized carbons (Fsp3) is 0.333. The number of amides is 1. The van der Waals surface area contributed by atoms with Crippen molar-refractivity contribution >= 4 is 17.6 Å². The van der Waals surface area contributed by atoms with E-state index in [0.29, 0.717) is 6.42 Å². The Morgan fingerprint density at radius 1 is 1.07 bits per heavy atom. The molecule has 1 atom stereocenters. The van der Waals surface area contributed by atoms with Gasteiger partial charge in [0.15, 0.2) is 0 Å². The number of aliphatic carboxylic acids is 1. The topological polar surface area (TPSA) is 92.4 Å². The van der Waals surface area contributed by atoms with Gasteiger partial charge in [0.25, 0.3) is 0 Å². The number of carboxylic acid groups (broad SMARTS) is 1. The summed E-state index contributed by atoms with van der Waals surface area (Å²) >= 11 is 0. The molecule has 0 aromatic heterocycles. The minimum atomic E-state index is -5.08. The number of anilines is 1. The molecule has 0 spiro atoms. The lowest BCUT2D eigenvalue weighted by Gasteiger charge is -2.13. The third kappa shape index (κ3) is 7.23. The van der Waals surface area contributed by atoms with E-state index in [4.69, 9.17) is 15.6 Å². The van der Waals surface area contributed by atoms with Crippen molar-refractivity contribution in [3.05, 3.63) is 65.2 Å². The number of carbonyl (C=O) groups is 2. The van der Waals surface area contributed by atoms with E-state index in [1.807, 2.05) is 24.3 Å². The molecule has 8 heteroatoms. The second-order valence-electron chi connectivity index (χ2n) is 6.76. The van der Waals surface area contributed by atoms with Gasteiger partial charge >= 0.3 is 12.1 Å². The van der Waals surface area contributed by atoms with E-state index in [2.05, 4.69) is 29.6 Å². The first-order valence-corrected chi connectivity index (χ1v) is 9.19. The minimum Gasteiger partial charge on any atom is -0.475 e. The number of fused-ring (bicyclic) bond motifs is 1. The fourth-order valence-corrected chi connectivity index (χ4v) is 2.98. The van der Waals surface area contributed by atoms with Crippen molar-refractivity contribution in [3.8, 4) is 0 Å². The summed E-state index contributed by atoms with van der Waals surface area (Å²) in [6.45, 7) is 0. The van der Waals surface area contributed by atoms with Crippen molar-refractivity contribution in [2.45, 2.75) is 44.3 Å². The number of carbonyl (C=O) groups excluding carboxylic acids is 1. The Morgan fingerprint density at radius 2 is 1.69 bits per heavy atom. The van der Waals surface area contributed by atoms with Crippen LogP contribution in [-0.4, -0.2) is 29.2 Å². The molecule has 3 rings (SSSR count). The highest BCUT2D eigenvalue weighted by Gasteiger charge is 2.38. The van der Waals surface area contributed by atoms with Crippen molar-refractivity contribution in [1.29, 1.82) is 0 Å². The summed E-state index contributed by atoms with van der Waals surface area (Å²) < 4.78 is 31.7. The van der Waals surface area contributed by atoms with Gasteiger partial charge in [-0.2, -0.15) is 13.2 Å². The Balaban J connectivity index is 0.000000370. The molecule has 1 amide bonds. The number of halogens is 3. The molecule has 0 bridgehead atoms. The molecule has 2 aromatic carbocycles. The standard InChI is InChI=1S/C19H22N2O.C2HF3O2/c20-18(12-9-14-5-2-1-3-6-14)19(22)21-17-11-10-15-7-4-8-16(15)13-17;3-2(4,5)1(6)7/h1-3,5-6,10-11,13,18H,4,7-9,12,20H2,(H,21,22);(H,6,7)/t18-;/m1./s1. The molecule has 1 aliphatic carbocycles. The van der Waals surface area contributed by atoms with Crippen molar-refractivity contribution < 1.29 is 27.9 Å². The largest absolute Gasteiger partial charge is 0.490 e. The second kappa shape index (κ2) is 10.1. The van der Waals surface area contributed by atoms with Crippen molar-refractivity contribution in [1.82, 2.24) is 0 Å². The average molecular weight is 408 g/mol. The van der Waals surface area contributed by atoms with Gasteiger partial charge in [-0.3, -0.25) is 4.79 Å². The van der Waals surface area contributed by atoms with Gasteiger partial charge in [0.1, 0.15) is 0 Å². The molecular formula is C21H23F3N2O3. The number of aryl methyl sites for hydroxylation is 3. The fourth-order valence-electron chi connectivity index (χ4n) is 2.98. The highest BCUT2D eigenvalue weighted by molar-refractivity contribution is 5.94. The molecule has 0 aliphatic heterocycles. The van der Waals surface area contributed by atoms with E-state index in [-0.39, 0.29) is 5.91 Å². The second-order valence-corrected chi connectivity index (χ2v) is 6.76. The van der Waals surface area contributed by atoms with Crippen LogP contribution in [-0.2, 0) is 28.9 Å². The predicted octanol–water partition coefficient (Wildman–Crippen LogP) is 3.71. The normalized spacial score (nSPS) is 13.7. The lowest BCUT2D eigenvalue weighted by Crippen LogP contribution is -2.36. The lowest BCUT2D eigenvalue weighted by molar-refractivity contribution is -0.192. The van der Waals surface area contributed by atoms with Crippen LogP contribution in [0.4, 0.5) is 18.9 Å². The van der Waals surface area contributed by atoms with Crippen LogP contribution in [0.15, 0.2) is 48.5 Å². The summed E-state index contributed by atoms with van der Waals surface area (Å²) in [4.78, 5) is 21.1. The molecular weight excluding hydrogens is 385 g/mol. The number of nitrogens with two attached hydrogens (primary N) is 1. The molecule has 2 aromatic rings. The average Bonchev–Trinajstić information content (AvgIpc) is 3.14. The maximum atomic E-state index is 12.2. The highest BCUT2D eigenvalue weighted by Crippen LogP contribution is 2.25. The maximum absolute atomic E-state index is 12.2. The number of nitrogens with one attached hydrogen (secondary N) is 1. The van der Waals surface area contributed by atoms with E-state index in [1.54, 1.807) is 0 Å². The van der Waals surface area contributed by atoms with Crippen LogP contribution in [0.2, 0.25) is 0 Å². The summed E-state index contributed by atoms with van der Waals surface area (Å²) in [5.74, 6) is -2.86. The highest BCUT2D eigenvalue weighted by atomic mass is 19.4. The van der Waals surface area contributed by atoms with Gasteiger partial charge in [0.2, 0.25) is 5.91 Å². The van der Waals surface area contributed by atoms with E-state index in [1.165, 1.54) is 23.1 Å². The summed E-state index contributed by atoms with van der Waals surface area (Å²) in [6.07, 6.45) is -0.136. The predicted molar refractivity (Wildman–Crippen MR) is 104 cm³/mol. The van der Waals surface area contributed by atoms with Gasteiger partial charge in [-0.15, -0.1) is 0 Å². The number of alkyl halides is 3. The maximum Gasteiger partial charge on any atom is 0.490 e. The van der Waals surface area contributed by atoms with Crippen LogP contribution in [0.25, 0.3) is 0 Å². The molecule has 0 unspecified atom stereocenters. The molecule has 4 N–H and O–H groups in total. The molecule has 156 valence electrons. The van der Waals surface area contributed by atoms with E-state index >= 15 is 0 Å². The van der Waals surface area contributed by atoms with Gasteiger partial charge in [-0.25, -0.2) is 4.79 Å². The molecule has 0 saturated carbocycles. The van der Waals surface area contributed by atoms with Gasteiger partial charge < -0.3 is 16.2 Å². The zero-order valence-corrected chi connectivity index (χ0v) is 15.7. The van der Waals surface area contributed by atoms with Gasteiger partial charge in [0.05, 0.1) is 6.04 Å². The minimum absolute atomic E-state index is 0.103. The van der Waals surface area contributed by atoms with Gasteiger partial charge in [0, 0.05) is 5.69 Å². The molecule has 0 radical (unpaired) electrons. The third-order valence-electron chi connectivity index (χ3n) is 4.53. The zero-order valence-electron chi connectivity index (χ0n) is 15.7. The third-order valence-corrected chi connectivity index (χ3v) is 4.53. The Hall–Kier alpha value is -2.87. The van der Waals surface area contributed by atoms with Crippen LogP contribution in [0.1, 0.15) is 29.5 Å². The Bertz CT molecular complexity index is 839. The van der Waals surface area contributed by atoms with Gasteiger partial charge in [-0.1, -0.05) is 36.4 Å². The number of benzene rings is 2. The van der Waals surface area contributed by atoms with Crippen LogP contribution in [0.3, 0.4) is 0 Å². The van der Waals surface area contributed by atoms with Crippen molar-refractivity contribution in [2.24, 2.45) is 5.73 Å². The van der Waals surface area contributed by atoms with Crippen molar-refractivity contribution in [2.75, 3.05) is 5.32 Å². The zero-order chi connectivity index (χ0) is 21.4. The number of hydrogen-bond donors (Lipinski definition) is 3. The lowest BCUT2D eigenvalue weighted by atomic mass is 10.0. The smallest absolute Gasteiger partial charge is 0.475 e. The molecule has 1 aliphatic rings. The van der Waals surface area contributed by atoms with Crippen LogP contribution in [0.5, 0.6) is 0 Å². The summed E-state index contributed by atoms with van der Waals surface area (Å²) in [5, 5.41) is 10.1. The Kier molecular flexibility index (Phi) is 7.78. The summed E-state index contributed by atoms with van der Waals surface area (Å²) in [6, 6.07) is 15.8. The van der Waals surface area contributed by atoms with E-state index in [9.17, 15) is 18.0 Å². The molecule has 29 heavy (non-hydrogen) atoms. The van der Waals surface area contributed by atoms with Crippen LogP contribution < -0.4 is 11.1 Å². The molecule has 0 saturated heterocycles. The first kappa shape index (κ1) is 22.4. The molecule has 0 fully saturated rings. The van der Waals surface area contributed by atoms with Gasteiger partial charge in [-0.05, 0) is 60.9 Å². The SMILES string of the molecule is N[C@H](CCc1ccccc1)C(=O)Nc1ccc2c(c1)CCC2.O=C(O)C(F)(F)F. The Morgan fingerprint density at radius 3 is 2.31 bits per heavy atom. The number of rotatable bonds is 5. The van der Waals surface area contributed by atoms with Crippen LogP contribution >= 0.6 is 0 Å². The van der Waals surface area contributed by atoms with Crippen LogP contribution in [0, 0.1) is 0 Å². The first-order chi connectivity index (χ1) is 13.7. The quantitative estimate of drug-likeness (QED) is 0.703. The summed E-state index contributed by atoms with van der Waals surface area (Å²) in [7, 11) is 0. The Labute approximate surface area is 166 Å². The van der Waals surface area contributed by atoms with E-state index in [0.717, 1.165) is 24.9 Å². The number of carboxylic acids is 1. The van der Waals surface area contributed by atoms with Crippen molar-refractivity contribution in [3.63, 3.8) is 0 Å². The number of hydrogen-bond acceptors (Lipinski definition) is 3. The monoisotopic (exact) mass is 408 g/mol.